The molecule has 1 aromatic carbocycles. The van der Waals surface area contributed by atoms with Crippen LogP contribution in [0.2, 0.25) is 0 Å². The zero-order valence-electron chi connectivity index (χ0n) is 10.3. The van der Waals surface area contributed by atoms with Gasteiger partial charge in [0.1, 0.15) is 11.4 Å². The first-order valence-electron chi connectivity index (χ1n) is 6.81. The molecule has 2 aliphatic rings. The highest BCUT2D eigenvalue weighted by Crippen LogP contribution is 2.43. The van der Waals surface area contributed by atoms with E-state index in [1.54, 1.807) is 0 Å². The van der Waals surface area contributed by atoms with Crippen LogP contribution in [0.25, 0.3) is 0 Å². The maximum Gasteiger partial charge on any atom is 0.124 e. The minimum Gasteiger partial charge on any atom is -0.485 e. The summed E-state index contributed by atoms with van der Waals surface area (Å²) in [5.74, 6) is 1.73. The summed E-state index contributed by atoms with van der Waals surface area (Å²) in [6.45, 7) is 0.659. The van der Waals surface area contributed by atoms with Gasteiger partial charge in [-0.2, -0.15) is 0 Å². The third-order valence-electron chi connectivity index (χ3n) is 4.55. The molecule has 2 N–H and O–H groups in total. The van der Waals surface area contributed by atoms with E-state index in [1.807, 2.05) is 0 Å². The summed E-state index contributed by atoms with van der Waals surface area (Å²) in [4.78, 5) is 0. The highest BCUT2D eigenvalue weighted by molar-refractivity contribution is 5.36. The second-order valence-corrected chi connectivity index (χ2v) is 5.46. The normalized spacial score (nSPS) is 28.8. The van der Waals surface area contributed by atoms with Crippen molar-refractivity contribution in [1.82, 2.24) is 0 Å². The van der Waals surface area contributed by atoms with Gasteiger partial charge in [0, 0.05) is 6.54 Å². The van der Waals surface area contributed by atoms with Crippen molar-refractivity contribution in [3.8, 4) is 5.75 Å². The Labute approximate surface area is 103 Å². The topological polar surface area (TPSA) is 35.2 Å². The third-order valence-corrected chi connectivity index (χ3v) is 4.55. The van der Waals surface area contributed by atoms with Crippen LogP contribution in [0.3, 0.4) is 0 Å². The Hall–Kier alpha value is -1.02. The van der Waals surface area contributed by atoms with Gasteiger partial charge < -0.3 is 10.5 Å². The summed E-state index contributed by atoms with van der Waals surface area (Å²) >= 11 is 0. The zero-order chi connectivity index (χ0) is 11.7. The molecule has 0 aromatic heterocycles. The molecule has 1 atom stereocenters. The zero-order valence-corrected chi connectivity index (χ0v) is 10.3. The Bertz CT molecular complexity index is 398. The third kappa shape index (κ3) is 1.85. The predicted octanol–water partition coefficient (Wildman–Crippen LogP) is 2.90. The van der Waals surface area contributed by atoms with Crippen LogP contribution in [0.15, 0.2) is 24.3 Å². The van der Waals surface area contributed by atoms with E-state index >= 15 is 0 Å². The van der Waals surface area contributed by atoms with Crippen molar-refractivity contribution in [2.24, 2.45) is 11.7 Å². The van der Waals surface area contributed by atoms with Crippen LogP contribution >= 0.6 is 0 Å². The molecule has 0 amide bonds. The first-order valence-corrected chi connectivity index (χ1v) is 6.81. The molecule has 1 aliphatic carbocycles. The highest BCUT2D eigenvalue weighted by atomic mass is 16.5. The van der Waals surface area contributed by atoms with E-state index < -0.39 is 0 Å². The van der Waals surface area contributed by atoms with E-state index in [9.17, 15) is 0 Å². The largest absolute Gasteiger partial charge is 0.485 e. The molecule has 0 spiro atoms. The van der Waals surface area contributed by atoms with E-state index in [0.717, 1.165) is 18.6 Å². The second-order valence-electron chi connectivity index (χ2n) is 5.46. The van der Waals surface area contributed by atoms with Gasteiger partial charge in [0.05, 0.1) is 0 Å². The number of aryl methyl sites for hydroxylation is 1. The molecule has 0 radical (unpaired) electrons. The lowest BCUT2D eigenvalue weighted by atomic mass is 9.79. The molecule has 1 saturated carbocycles. The lowest BCUT2D eigenvalue weighted by Crippen LogP contribution is -2.51. The van der Waals surface area contributed by atoms with Crippen LogP contribution in [0.4, 0.5) is 0 Å². The number of hydrogen-bond donors (Lipinski definition) is 1. The Morgan fingerprint density at radius 2 is 2.00 bits per heavy atom. The molecule has 17 heavy (non-hydrogen) atoms. The second kappa shape index (κ2) is 4.34. The van der Waals surface area contributed by atoms with Gasteiger partial charge in [-0.05, 0) is 43.2 Å². The molecule has 3 rings (SSSR count). The van der Waals surface area contributed by atoms with Crippen LogP contribution in [0.5, 0.6) is 5.75 Å². The molecule has 1 unspecified atom stereocenters. The number of ether oxygens (including phenoxy) is 1. The molecular formula is C15H21NO. The van der Waals surface area contributed by atoms with Crippen molar-refractivity contribution in [3.05, 3.63) is 29.8 Å². The van der Waals surface area contributed by atoms with Gasteiger partial charge in [-0.15, -0.1) is 0 Å². The van der Waals surface area contributed by atoms with Crippen LogP contribution in [-0.4, -0.2) is 12.1 Å². The summed E-state index contributed by atoms with van der Waals surface area (Å²) in [6, 6.07) is 8.41. The molecule has 1 aliphatic heterocycles. The fraction of sp³-hybridized carbons (Fsp3) is 0.600. The highest BCUT2D eigenvalue weighted by Gasteiger charge is 2.43. The van der Waals surface area contributed by atoms with Crippen molar-refractivity contribution < 1.29 is 4.74 Å². The molecule has 1 heterocycles. The Morgan fingerprint density at radius 1 is 1.24 bits per heavy atom. The van der Waals surface area contributed by atoms with Crippen molar-refractivity contribution in [2.45, 2.75) is 44.1 Å². The maximum absolute atomic E-state index is 6.33. The quantitative estimate of drug-likeness (QED) is 0.849. The number of rotatable bonds is 2. The SMILES string of the molecule is NCC1(C2CCCC2)CCc2ccccc2O1. The smallest absolute Gasteiger partial charge is 0.124 e. The van der Waals surface area contributed by atoms with Crippen molar-refractivity contribution in [1.29, 1.82) is 0 Å². The van der Waals surface area contributed by atoms with Gasteiger partial charge in [-0.3, -0.25) is 0 Å². The molecule has 2 heteroatoms. The molecule has 1 aromatic rings. The number of hydrogen-bond acceptors (Lipinski definition) is 2. The van der Waals surface area contributed by atoms with E-state index in [-0.39, 0.29) is 5.60 Å². The van der Waals surface area contributed by atoms with Crippen molar-refractivity contribution in [2.75, 3.05) is 6.54 Å². The number of benzene rings is 1. The molecular weight excluding hydrogens is 210 g/mol. The van der Waals surface area contributed by atoms with Crippen molar-refractivity contribution in [3.63, 3.8) is 0 Å². The lowest BCUT2D eigenvalue weighted by Gasteiger charge is -2.42. The standard InChI is InChI=1S/C15H21NO/c16-11-15(13-6-2-3-7-13)10-9-12-5-1-4-8-14(12)17-15/h1,4-5,8,13H,2-3,6-7,9-11,16H2. The maximum atomic E-state index is 6.33. The van der Waals surface area contributed by atoms with E-state index in [0.29, 0.717) is 12.5 Å². The summed E-state index contributed by atoms with van der Waals surface area (Å²) in [7, 11) is 0. The van der Waals surface area contributed by atoms with Gasteiger partial charge >= 0.3 is 0 Å². The fourth-order valence-electron chi connectivity index (χ4n) is 3.48. The monoisotopic (exact) mass is 231 g/mol. The Kier molecular flexibility index (Phi) is 2.83. The molecule has 2 nitrogen and oxygen atoms in total. The summed E-state index contributed by atoms with van der Waals surface area (Å²) in [5.41, 5.74) is 7.31. The average Bonchev–Trinajstić information content (AvgIpc) is 2.92. The van der Waals surface area contributed by atoms with Gasteiger partial charge in [-0.1, -0.05) is 31.0 Å². The van der Waals surface area contributed by atoms with Gasteiger partial charge in [0.2, 0.25) is 0 Å². The first kappa shape index (κ1) is 11.1. The summed E-state index contributed by atoms with van der Waals surface area (Å²) in [6.07, 6.45) is 7.47. The van der Waals surface area contributed by atoms with Crippen LogP contribution in [-0.2, 0) is 6.42 Å². The summed E-state index contributed by atoms with van der Waals surface area (Å²) in [5, 5.41) is 0. The number of fused-ring (bicyclic) bond motifs is 1. The number of para-hydroxylation sites is 1. The predicted molar refractivity (Wildman–Crippen MR) is 69.1 cm³/mol. The minimum atomic E-state index is -0.0785. The number of nitrogens with two attached hydrogens (primary N) is 1. The van der Waals surface area contributed by atoms with Crippen LogP contribution in [0.1, 0.15) is 37.7 Å². The molecule has 1 fully saturated rings. The van der Waals surface area contributed by atoms with E-state index in [4.69, 9.17) is 10.5 Å². The average molecular weight is 231 g/mol. The first-order chi connectivity index (χ1) is 8.34. The lowest BCUT2D eigenvalue weighted by molar-refractivity contribution is -0.000878. The van der Waals surface area contributed by atoms with Crippen LogP contribution in [0, 0.1) is 5.92 Å². The Balaban J connectivity index is 1.89. The molecule has 0 saturated heterocycles. The molecule has 92 valence electrons. The van der Waals surface area contributed by atoms with Crippen molar-refractivity contribution >= 4 is 0 Å². The van der Waals surface area contributed by atoms with Gasteiger partial charge in [0.25, 0.3) is 0 Å². The molecule has 0 bridgehead atoms. The Morgan fingerprint density at radius 3 is 2.76 bits per heavy atom. The summed E-state index contributed by atoms with van der Waals surface area (Å²) < 4.78 is 6.33. The minimum absolute atomic E-state index is 0.0785. The fourth-order valence-corrected chi connectivity index (χ4v) is 3.48. The van der Waals surface area contributed by atoms with E-state index in [1.165, 1.54) is 31.2 Å². The van der Waals surface area contributed by atoms with Gasteiger partial charge in [0.15, 0.2) is 0 Å². The van der Waals surface area contributed by atoms with Gasteiger partial charge in [-0.25, -0.2) is 0 Å². The van der Waals surface area contributed by atoms with Crippen LogP contribution < -0.4 is 10.5 Å². The van der Waals surface area contributed by atoms with E-state index in [2.05, 4.69) is 24.3 Å².